The van der Waals surface area contributed by atoms with Crippen molar-refractivity contribution in [2.24, 2.45) is 0 Å². The Morgan fingerprint density at radius 2 is 1.83 bits per heavy atom. The topological polar surface area (TPSA) is 81.8 Å². The van der Waals surface area contributed by atoms with E-state index in [4.69, 9.17) is 0 Å². The zero-order valence-electron chi connectivity index (χ0n) is 10.1. The first kappa shape index (κ1) is 11.3. The van der Waals surface area contributed by atoms with Crippen LogP contribution in [0.3, 0.4) is 0 Å². The molecule has 0 bridgehead atoms. The van der Waals surface area contributed by atoms with Gasteiger partial charge in [0.2, 0.25) is 0 Å². The molecule has 98 valence electrons. The minimum atomic E-state index is -0.896. The average molecular weight is 252 g/mol. The van der Waals surface area contributed by atoms with Crippen molar-refractivity contribution in [2.45, 2.75) is 24.8 Å². The fraction of sp³-hybridized carbons (Fsp3) is 0.727. The van der Waals surface area contributed by atoms with Gasteiger partial charge >= 0.3 is 12.1 Å². The predicted molar refractivity (Wildman–Crippen MR) is 61.8 cm³/mol. The van der Waals surface area contributed by atoms with E-state index in [-0.39, 0.29) is 18.5 Å². The summed E-state index contributed by atoms with van der Waals surface area (Å²) in [5.74, 6) is -0.316. The Kier molecular flexibility index (Phi) is 2.42. The first-order valence-corrected chi connectivity index (χ1v) is 6.28. The molecule has 1 spiro atoms. The zero-order chi connectivity index (χ0) is 12.8. The van der Waals surface area contributed by atoms with E-state index in [1.807, 2.05) is 4.90 Å². The van der Waals surface area contributed by atoms with Gasteiger partial charge in [-0.25, -0.2) is 9.59 Å². The lowest BCUT2D eigenvalue weighted by atomic mass is 10.00. The van der Waals surface area contributed by atoms with Gasteiger partial charge in [-0.1, -0.05) is 0 Å². The third-order valence-electron chi connectivity index (χ3n) is 3.93. The van der Waals surface area contributed by atoms with E-state index in [0.29, 0.717) is 13.0 Å². The summed E-state index contributed by atoms with van der Waals surface area (Å²) in [6.07, 6.45) is 2.58. The van der Waals surface area contributed by atoms with Gasteiger partial charge in [0.15, 0.2) is 0 Å². The second kappa shape index (κ2) is 3.86. The van der Waals surface area contributed by atoms with E-state index in [1.165, 1.54) is 0 Å². The van der Waals surface area contributed by atoms with Gasteiger partial charge in [0, 0.05) is 19.6 Å². The van der Waals surface area contributed by atoms with E-state index >= 15 is 0 Å². The second-order valence-electron chi connectivity index (χ2n) is 5.14. The highest BCUT2D eigenvalue weighted by atomic mass is 16.2. The third-order valence-corrected chi connectivity index (χ3v) is 3.93. The maximum Gasteiger partial charge on any atom is 0.322 e. The van der Waals surface area contributed by atoms with Gasteiger partial charge in [-0.3, -0.25) is 10.1 Å². The smallest absolute Gasteiger partial charge is 0.322 e. The molecule has 3 heterocycles. The molecular weight excluding hydrogens is 236 g/mol. The molecule has 0 saturated carbocycles. The van der Waals surface area contributed by atoms with Crippen LogP contribution >= 0.6 is 0 Å². The second-order valence-corrected chi connectivity index (χ2v) is 5.14. The minimum absolute atomic E-state index is 0.0154. The SMILES string of the molecule is O=C1NC(=O)C2(CCN(C(=O)N3CCCC3)C2)N1. The van der Waals surface area contributed by atoms with Crippen molar-refractivity contribution in [1.82, 2.24) is 20.4 Å². The molecule has 3 saturated heterocycles. The van der Waals surface area contributed by atoms with Crippen LogP contribution in [0.25, 0.3) is 0 Å². The van der Waals surface area contributed by atoms with Crippen LogP contribution in [0.5, 0.6) is 0 Å². The molecule has 1 atom stereocenters. The summed E-state index contributed by atoms with van der Waals surface area (Å²) in [7, 11) is 0. The van der Waals surface area contributed by atoms with Gasteiger partial charge in [-0.15, -0.1) is 0 Å². The molecule has 7 heteroatoms. The van der Waals surface area contributed by atoms with Gasteiger partial charge in [-0.05, 0) is 19.3 Å². The van der Waals surface area contributed by atoms with E-state index in [2.05, 4.69) is 10.6 Å². The van der Waals surface area contributed by atoms with Gasteiger partial charge < -0.3 is 15.1 Å². The Morgan fingerprint density at radius 3 is 2.44 bits per heavy atom. The van der Waals surface area contributed by atoms with Crippen LogP contribution in [0.1, 0.15) is 19.3 Å². The summed E-state index contributed by atoms with van der Waals surface area (Å²) in [6.45, 7) is 2.38. The van der Waals surface area contributed by atoms with Gasteiger partial charge in [-0.2, -0.15) is 0 Å². The van der Waals surface area contributed by atoms with Crippen LogP contribution in [0, 0.1) is 0 Å². The summed E-state index contributed by atoms with van der Waals surface area (Å²) in [6, 6.07) is -0.478. The van der Waals surface area contributed by atoms with Crippen molar-refractivity contribution in [3.63, 3.8) is 0 Å². The Bertz CT molecular complexity index is 419. The number of carbonyl (C=O) groups is 3. The molecule has 0 aromatic carbocycles. The molecule has 2 N–H and O–H groups in total. The van der Waals surface area contributed by atoms with E-state index in [0.717, 1.165) is 25.9 Å². The molecule has 1 unspecified atom stereocenters. The van der Waals surface area contributed by atoms with Crippen molar-refractivity contribution >= 4 is 18.0 Å². The number of likely N-dealkylation sites (tertiary alicyclic amines) is 2. The number of hydrogen-bond donors (Lipinski definition) is 2. The summed E-state index contributed by atoms with van der Waals surface area (Å²) in [5.41, 5.74) is -0.896. The number of urea groups is 2. The summed E-state index contributed by atoms with van der Waals surface area (Å²) < 4.78 is 0. The third kappa shape index (κ3) is 1.61. The minimum Gasteiger partial charge on any atom is -0.325 e. The molecule has 3 fully saturated rings. The Morgan fingerprint density at radius 1 is 1.11 bits per heavy atom. The molecule has 3 rings (SSSR count). The highest BCUT2D eigenvalue weighted by Gasteiger charge is 2.52. The van der Waals surface area contributed by atoms with E-state index in [9.17, 15) is 14.4 Å². The number of amides is 5. The van der Waals surface area contributed by atoms with Crippen LogP contribution in [-0.2, 0) is 4.79 Å². The normalized spacial score (nSPS) is 31.1. The van der Waals surface area contributed by atoms with Crippen LogP contribution in [0.4, 0.5) is 9.59 Å². The Labute approximate surface area is 104 Å². The summed E-state index contributed by atoms with van der Waals surface area (Å²) in [5, 5.41) is 4.88. The monoisotopic (exact) mass is 252 g/mol. The van der Waals surface area contributed by atoms with Crippen molar-refractivity contribution < 1.29 is 14.4 Å². The maximum atomic E-state index is 12.2. The number of carbonyl (C=O) groups excluding carboxylic acids is 3. The zero-order valence-corrected chi connectivity index (χ0v) is 10.1. The molecule has 0 radical (unpaired) electrons. The molecular formula is C11H16N4O3. The lowest BCUT2D eigenvalue weighted by Crippen LogP contribution is -2.51. The van der Waals surface area contributed by atoms with Crippen molar-refractivity contribution in [3.05, 3.63) is 0 Å². The van der Waals surface area contributed by atoms with E-state index < -0.39 is 11.6 Å². The first-order valence-electron chi connectivity index (χ1n) is 6.28. The van der Waals surface area contributed by atoms with Crippen LogP contribution in [0.15, 0.2) is 0 Å². The van der Waals surface area contributed by atoms with E-state index in [1.54, 1.807) is 4.90 Å². The van der Waals surface area contributed by atoms with Crippen molar-refractivity contribution in [1.29, 1.82) is 0 Å². The molecule has 18 heavy (non-hydrogen) atoms. The lowest BCUT2D eigenvalue weighted by Gasteiger charge is -2.25. The average Bonchev–Trinajstić information content (AvgIpc) is 3.01. The lowest BCUT2D eigenvalue weighted by molar-refractivity contribution is -0.123. The number of hydrogen-bond acceptors (Lipinski definition) is 3. The first-order chi connectivity index (χ1) is 8.61. The number of imide groups is 1. The predicted octanol–water partition coefficient (Wildman–Crippen LogP) is -0.514. The van der Waals surface area contributed by atoms with Crippen molar-refractivity contribution in [2.75, 3.05) is 26.2 Å². The van der Waals surface area contributed by atoms with Crippen LogP contribution < -0.4 is 10.6 Å². The highest BCUT2D eigenvalue weighted by molar-refractivity contribution is 6.07. The summed E-state index contributed by atoms with van der Waals surface area (Å²) in [4.78, 5) is 38.6. The molecule has 7 nitrogen and oxygen atoms in total. The maximum absolute atomic E-state index is 12.2. The van der Waals surface area contributed by atoms with Crippen LogP contribution in [0.2, 0.25) is 0 Å². The molecule has 3 aliphatic rings. The number of nitrogens with zero attached hydrogens (tertiary/aromatic N) is 2. The van der Waals surface area contributed by atoms with Crippen molar-refractivity contribution in [3.8, 4) is 0 Å². The standard InChI is InChI=1S/C11H16N4O3/c16-8-11(13-9(17)12-8)3-6-15(7-11)10(18)14-4-1-2-5-14/h1-7H2,(H2,12,13,16,17). The van der Waals surface area contributed by atoms with Gasteiger partial charge in [0.25, 0.3) is 5.91 Å². The molecule has 3 aliphatic heterocycles. The Balaban J connectivity index is 1.69. The number of nitrogens with one attached hydrogen (secondary N) is 2. The molecule has 5 amide bonds. The highest BCUT2D eigenvalue weighted by Crippen LogP contribution is 2.26. The fourth-order valence-corrected chi connectivity index (χ4v) is 2.90. The Hall–Kier alpha value is -1.79. The summed E-state index contributed by atoms with van der Waals surface area (Å²) >= 11 is 0. The van der Waals surface area contributed by atoms with Gasteiger partial charge in [0.05, 0.1) is 6.54 Å². The van der Waals surface area contributed by atoms with Gasteiger partial charge in [0.1, 0.15) is 5.54 Å². The fourth-order valence-electron chi connectivity index (χ4n) is 2.90. The quantitative estimate of drug-likeness (QED) is 0.569. The number of rotatable bonds is 0. The largest absolute Gasteiger partial charge is 0.325 e. The van der Waals surface area contributed by atoms with Crippen LogP contribution in [-0.4, -0.2) is 59.5 Å². The molecule has 0 aromatic rings. The molecule has 0 aliphatic carbocycles. The molecule has 0 aromatic heterocycles.